The monoisotopic (exact) mass is 524 g/mol. The summed E-state index contributed by atoms with van der Waals surface area (Å²) in [6, 6.07) is 14.2. The summed E-state index contributed by atoms with van der Waals surface area (Å²) in [4.78, 5) is 8.11. The first-order valence-electron chi connectivity index (χ1n) is 9.56. The number of nitrogens with one attached hydrogen (secondary N) is 3. The van der Waals surface area contributed by atoms with Crippen LogP contribution in [0.5, 0.6) is 17.2 Å². The molecule has 3 aromatic rings. The number of aromatic nitrogens is 1. The molecule has 0 aliphatic rings. The third-order valence-electron chi connectivity index (χ3n) is 4.52. The van der Waals surface area contributed by atoms with Crippen molar-refractivity contribution in [3.63, 3.8) is 0 Å². The normalized spacial score (nSPS) is 11.0. The molecule has 0 aliphatic heterocycles. The molecule has 0 amide bonds. The van der Waals surface area contributed by atoms with E-state index in [1.165, 1.54) is 5.39 Å². The molecule has 8 heteroatoms. The van der Waals surface area contributed by atoms with Crippen molar-refractivity contribution in [2.24, 2.45) is 4.99 Å². The van der Waals surface area contributed by atoms with E-state index in [4.69, 9.17) is 14.2 Å². The van der Waals surface area contributed by atoms with Gasteiger partial charge < -0.3 is 29.8 Å². The molecular formula is C22H29IN4O3. The molecular weight excluding hydrogens is 495 g/mol. The lowest BCUT2D eigenvalue weighted by Crippen LogP contribution is -2.36. The standard InChI is InChI=1S/C22H28N4O3.HI/c1-5-23-22(25-14-17-12-16-8-6-7-9-18(16)26-17)24-13-15-10-19(27-2)21(29-4)20(11-15)28-3;/h6-12,26H,5,13-14H2,1-4H3,(H2,23,24,25);1H. The van der Waals surface area contributed by atoms with Crippen molar-refractivity contribution in [3.8, 4) is 17.2 Å². The van der Waals surface area contributed by atoms with E-state index in [9.17, 15) is 0 Å². The Morgan fingerprint density at radius 2 is 1.67 bits per heavy atom. The van der Waals surface area contributed by atoms with Gasteiger partial charge in [0.05, 0.1) is 34.4 Å². The Hall–Kier alpha value is -2.62. The number of nitrogens with zero attached hydrogens (tertiary/aromatic N) is 1. The molecule has 0 fully saturated rings. The summed E-state index contributed by atoms with van der Waals surface area (Å²) in [7, 11) is 4.81. The number of para-hydroxylation sites is 1. The van der Waals surface area contributed by atoms with Crippen molar-refractivity contribution in [1.82, 2.24) is 15.6 Å². The zero-order valence-electron chi connectivity index (χ0n) is 17.7. The number of hydrogen-bond donors (Lipinski definition) is 3. The van der Waals surface area contributed by atoms with E-state index in [2.05, 4.69) is 38.8 Å². The van der Waals surface area contributed by atoms with Crippen LogP contribution in [0.3, 0.4) is 0 Å². The van der Waals surface area contributed by atoms with Crippen LogP contribution in [0.25, 0.3) is 10.9 Å². The molecule has 0 spiro atoms. The Balaban J connectivity index is 0.00000320. The second-order valence-corrected chi connectivity index (χ2v) is 6.46. The average Bonchev–Trinajstić information content (AvgIpc) is 3.17. The van der Waals surface area contributed by atoms with Gasteiger partial charge in [0.15, 0.2) is 17.5 Å². The molecule has 0 saturated heterocycles. The number of aromatic amines is 1. The second kappa shape index (κ2) is 11.5. The third kappa shape index (κ3) is 5.71. The Kier molecular flexibility index (Phi) is 9.10. The lowest BCUT2D eigenvalue weighted by Gasteiger charge is -2.14. The first-order chi connectivity index (χ1) is 14.2. The first-order valence-corrected chi connectivity index (χ1v) is 9.56. The van der Waals surface area contributed by atoms with Crippen LogP contribution < -0.4 is 24.8 Å². The van der Waals surface area contributed by atoms with Crippen molar-refractivity contribution in [2.45, 2.75) is 20.0 Å². The van der Waals surface area contributed by atoms with Gasteiger partial charge >= 0.3 is 0 Å². The zero-order valence-corrected chi connectivity index (χ0v) is 20.1. The fourth-order valence-corrected chi connectivity index (χ4v) is 3.15. The quantitative estimate of drug-likeness (QED) is 0.235. The van der Waals surface area contributed by atoms with Gasteiger partial charge in [-0.15, -0.1) is 24.0 Å². The van der Waals surface area contributed by atoms with Gasteiger partial charge in [-0.25, -0.2) is 4.99 Å². The van der Waals surface area contributed by atoms with E-state index < -0.39 is 0 Å². The Morgan fingerprint density at radius 3 is 2.27 bits per heavy atom. The third-order valence-corrected chi connectivity index (χ3v) is 4.52. The molecule has 1 aromatic heterocycles. The van der Waals surface area contributed by atoms with Crippen molar-refractivity contribution in [2.75, 3.05) is 27.9 Å². The lowest BCUT2D eigenvalue weighted by molar-refractivity contribution is 0.324. The summed E-state index contributed by atoms with van der Waals surface area (Å²) in [5.74, 6) is 2.55. The van der Waals surface area contributed by atoms with Crippen LogP contribution in [0.2, 0.25) is 0 Å². The fraction of sp³-hybridized carbons (Fsp3) is 0.318. The second-order valence-electron chi connectivity index (χ2n) is 6.46. The molecule has 0 aliphatic carbocycles. The summed E-state index contributed by atoms with van der Waals surface area (Å²) in [6.07, 6.45) is 0. The number of fused-ring (bicyclic) bond motifs is 1. The number of rotatable bonds is 8. The topological polar surface area (TPSA) is 79.9 Å². The minimum Gasteiger partial charge on any atom is -0.493 e. The highest BCUT2D eigenvalue weighted by atomic mass is 127. The molecule has 3 N–H and O–H groups in total. The van der Waals surface area contributed by atoms with Crippen LogP contribution in [0.15, 0.2) is 47.5 Å². The molecule has 0 bridgehead atoms. The Morgan fingerprint density at radius 1 is 0.967 bits per heavy atom. The van der Waals surface area contributed by atoms with Crippen molar-refractivity contribution >= 4 is 40.8 Å². The number of aliphatic imine (C=N–C) groups is 1. The van der Waals surface area contributed by atoms with E-state index in [1.54, 1.807) is 21.3 Å². The molecule has 1 heterocycles. The van der Waals surface area contributed by atoms with Crippen LogP contribution in [0.1, 0.15) is 18.2 Å². The largest absolute Gasteiger partial charge is 0.493 e. The van der Waals surface area contributed by atoms with Crippen LogP contribution >= 0.6 is 24.0 Å². The molecule has 3 rings (SSSR count). The number of guanidine groups is 1. The maximum absolute atomic E-state index is 5.42. The molecule has 0 unspecified atom stereocenters. The van der Waals surface area contributed by atoms with Gasteiger partial charge in [-0.1, -0.05) is 18.2 Å². The molecule has 7 nitrogen and oxygen atoms in total. The van der Waals surface area contributed by atoms with Gasteiger partial charge in [-0.3, -0.25) is 0 Å². The van der Waals surface area contributed by atoms with E-state index in [1.807, 2.05) is 31.2 Å². The number of ether oxygens (including phenoxy) is 3. The number of hydrogen-bond acceptors (Lipinski definition) is 4. The van der Waals surface area contributed by atoms with E-state index in [0.29, 0.717) is 30.3 Å². The molecule has 30 heavy (non-hydrogen) atoms. The van der Waals surface area contributed by atoms with Gasteiger partial charge in [0.2, 0.25) is 5.75 Å². The van der Waals surface area contributed by atoms with Crippen molar-refractivity contribution in [3.05, 3.63) is 53.7 Å². The average molecular weight is 524 g/mol. The molecule has 2 aromatic carbocycles. The minimum atomic E-state index is 0. The number of benzene rings is 2. The Bertz CT molecular complexity index is 929. The molecule has 162 valence electrons. The summed E-state index contributed by atoms with van der Waals surface area (Å²) in [5.41, 5.74) is 3.19. The zero-order chi connectivity index (χ0) is 20.6. The summed E-state index contributed by atoms with van der Waals surface area (Å²) >= 11 is 0. The highest BCUT2D eigenvalue weighted by molar-refractivity contribution is 14.0. The maximum Gasteiger partial charge on any atom is 0.203 e. The van der Waals surface area contributed by atoms with Gasteiger partial charge in [-0.05, 0) is 42.1 Å². The predicted molar refractivity (Wildman–Crippen MR) is 131 cm³/mol. The van der Waals surface area contributed by atoms with E-state index in [-0.39, 0.29) is 24.0 Å². The number of methoxy groups -OCH3 is 3. The number of H-pyrrole nitrogens is 1. The highest BCUT2D eigenvalue weighted by Crippen LogP contribution is 2.38. The summed E-state index contributed by atoms with van der Waals surface area (Å²) in [5, 5.41) is 7.84. The van der Waals surface area contributed by atoms with Gasteiger partial charge in [0.25, 0.3) is 0 Å². The maximum atomic E-state index is 5.42. The summed E-state index contributed by atoms with van der Waals surface area (Å²) in [6.45, 7) is 3.93. The van der Waals surface area contributed by atoms with Gasteiger partial charge in [0.1, 0.15) is 0 Å². The minimum absolute atomic E-state index is 0. The van der Waals surface area contributed by atoms with Crippen LogP contribution in [-0.2, 0) is 13.1 Å². The lowest BCUT2D eigenvalue weighted by atomic mass is 10.2. The van der Waals surface area contributed by atoms with Gasteiger partial charge in [0, 0.05) is 17.8 Å². The van der Waals surface area contributed by atoms with Crippen LogP contribution in [0, 0.1) is 0 Å². The van der Waals surface area contributed by atoms with Crippen LogP contribution in [0.4, 0.5) is 0 Å². The highest BCUT2D eigenvalue weighted by Gasteiger charge is 2.13. The van der Waals surface area contributed by atoms with E-state index >= 15 is 0 Å². The SMILES string of the molecule is CCNC(=NCc1cc(OC)c(OC)c(OC)c1)NCc1cc2ccccc2[nH]1.I. The number of halogens is 1. The summed E-state index contributed by atoms with van der Waals surface area (Å²) < 4.78 is 16.2. The van der Waals surface area contributed by atoms with Crippen LogP contribution in [-0.4, -0.2) is 38.8 Å². The van der Waals surface area contributed by atoms with E-state index in [0.717, 1.165) is 29.3 Å². The first kappa shape index (κ1) is 23.7. The predicted octanol–water partition coefficient (Wildman–Crippen LogP) is 4.07. The Labute approximate surface area is 194 Å². The van der Waals surface area contributed by atoms with Crippen molar-refractivity contribution in [1.29, 1.82) is 0 Å². The smallest absolute Gasteiger partial charge is 0.203 e. The molecule has 0 radical (unpaired) electrons. The molecule has 0 atom stereocenters. The fourth-order valence-electron chi connectivity index (χ4n) is 3.15. The van der Waals surface area contributed by atoms with Crippen molar-refractivity contribution < 1.29 is 14.2 Å². The molecule has 0 saturated carbocycles. The van der Waals surface area contributed by atoms with Gasteiger partial charge in [-0.2, -0.15) is 0 Å².